The average Bonchev–Trinajstić information content (AvgIpc) is 3.49. The van der Waals surface area contributed by atoms with Crippen molar-refractivity contribution in [3.05, 3.63) is 95.6 Å². The summed E-state index contributed by atoms with van der Waals surface area (Å²) in [4.78, 5) is 13.8. The van der Waals surface area contributed by atoms with Crippen LogP contribution in [0.4, 0.5) is 5.69 Å². The Hall–Kier alpha value is -3.23. The molecule has 7 heteroatoms. The van der Waals surface area contributed by atoms with Gasteiger partial charge in [-0.3, -0.25) is 4.79 Å². The van der Waals surface area contributed by atoms with Gasteiger partial charge >= 0.3 is 0 Å². The van der Waals surface area contributed by atoms with E-state index in [1.807, 2.05) is 42.5 Å². The summed E-state index contributed by atoms with van der Waals surface area (Å²) in [5.74, 6) is 0.691. The van der Waals surface area contributed by atoms with Crippen LogP contribution in [0.5, 0.6) is 5.75 Å². The molecule has 226 valence electrons. The number of ether oxygens (including phenoxy) is 3. The van der Waals surface area contributed by atoms with Gasteiger partial charge < -0.3 is 30.2 Å². The Morgan fingerprint density at radius 1 is 1.19 bits per heavy atom. The van der Waals surface area contributed by atoms with Crippen molar-refractivity contribution in [3.63, 3.8) is 0 Å². The fraction of sp³-hybridized carbons (Fsp3) is 0.472. The molecule has 0 amide bonds. The molecule has 0 aromatic heterocycles. The van der Waals surface area contributed by atoms with Crippen LogP contribution in [-0.2, 0) is 20.9 Å². The lowest BCUT2D eigenvalue weighted by Gasteiger charge is -2.59. The molecule has 1 aliphatic heterocycles. The topological polar surface area (TPSA) is 111 Å². The first kappa shape index (κ1) is 28.5. The third-order valence-electron chi connectivity index (χ3n) is 11.4. The number of rotatable bonds is 6. The molecule has 2 aromatic carbocycles. The summed E-state index contributed by atoms with van der Waals surface area (Å²) in [5, 5.41) is 22.1. The van der Waals surface area contributed by atoms with E-state index in [1.54, 1.807) is 6.07 Å². The molecule has 4 aliphatic carbocycles. The van der Waals surface area contributed by atoms with Crippen molar-refractivity contribution in [1.82, 2.24) is 0 Å². The van der Waals surface area contributed by atoms with Gasteiger partial charge in [-0.25, -0.2) is 0 Å². The lowest BCUT2D eigenvalue weighted by atomic mass is 9.46. The van der Waals surface area contributed by atoms with Gasteiger partial charge in [0.15, 0.2) is 17.7 Å². The summed E-state index contributed by atoms with van der Waals surface area (Å²) in [6.07, 6.45) is 7.54. The van der Waals surface area contributed by atoms with Crippen molar-refractivity contribution in [2.75, 3.05) is 12.3 Å². The third kappa shape index (κ3) is 4.20. The number of nitrogen functional groups attached to an aromatic ring is 1. The highest BCUT2D eigenvalue weighted by atomic mass is 16.7. The SMILES string of the molecule is C=C1C=C[C@@]2(C)C(=C1)CC[C@@H]1[C@@H]2[C@@H](O)C[C@@]2(C)[C@H]1C[C@H]1O[C@@H](c3ccc(COc4cccc(N)c4)cc3)O[C@]12C(=O)CO. The number of aliphatic hydroxyl groups is 2. The molecule has 0 bridgehead atoms. The minimum Gasteiger partial charge on any atom is -0.489 e. The van der Waals surface area contributed by atoms with Gasteiger partial charge in [-0.1, -0.05) is 74.6 Å². The molecule has 3 saturated carbocycles. The zero-order valence-corrected chi connectivity index (χ0v) is 24.9. The van der Waals surface area contributed by atoms with Crippen LogP contribution in [0, 0.1) is 28.6 Å². The van der Waals surface area contributed by atoms with Crippen LogP contribution in [0.2, 0.25) is 0 Å². The molecule has 4 fully saturated rings. The third-order valence-corrected chi connectivity index (χ3v) is 11.4. The van der Waals surface area contributed by atoms with Gasteiger partial charge in [0, 0.05) is 34.1 Å². The smallest absolute Gasteiger partial charge is 0.193 e. The van der Waals surface area contributed by atoms with Crippen molar-refractivity contribution >= 4 is 11.5 Å². The Balaban J connectivity index is 1.14. The molecular weight excluding hydrogens is 542 g/mol. The highest BCUT2D eigenvalue weighted by molar-refractivity contribution is 5.91. The molecule has 7 rings (SSSR count). The summed E-state index contributed by atoms with van der Waals surface area (Å²) in [6.45, 7) is 8.20. The van der Waals surface area contributed by atoms with E-state index in [2.05, 4.69) is 38.7 Å². The van der Waals surface area contributed by atoms with E-state index < -0.39 is 36.1 Å². The number of nitrogens with two attached hydrogens (primary N) is 1. The normalized spacial score (nSPS) is 39.3. The van der Waals surface area contributed by atoms with Gasteiger partial charge in [0.2, 0.25) is 0 Å². The maximum Gasteiger partial charge on any atom is 0.193 e. The molecule has 9 atom stereocenters. The van der Waals surface area contributed by atoms with Crippen LogP contribution in [0.3, 0.4) is 0 Å². The van der Waals surface area contributed by atoms with Gasteiger partial charge in [0.1, 0.15) is 19.0 Å². The van der Waals surface area contributed by atoms with Gasteiger partial charge in [0.25, 0.3) is 0 Å². The molecular formula is C36H41NO6. The van der Waals surface area contributed by atoms with Crippen molar-refractivity contribution in [2.24, 2.45) is 28.6 Å². The lowest BCUT2D eigenvalue weighted by molar-refractivity contribution is -0.201. The van der Waals surface area contributed by atoms with E-state index >= 15 is 0 Å². The predicted molar refractivity (Wildman–Crippen MR) is 163 cm³/mol. The van der Waals surface area contributed by atoms with Gasteiger partial charge in [-0.2, -0.15) is 0 Å². The molecule has 5 aliphatic rings. The Morgan fingerprint density at radius 2 is 1.98 bits per heavy atom. The van der Waals surface area contributed by atoms with E-state index in [9.17, 15) is 15.0 Å². The number of hydrogen-bond donors (Lipinski definition) is 3. The fourth-order valence-corrected chi connectivity index (χ4v) is 9.45. The number of ketones is 1. The fourth-order valence-electron chi connectivity index (χ4n) is 9.45. The van der Waals surface area contributed by atoms with Crippen molar-refractivity contribution in [2.45, 2.75) is 70.2 Å². The summed E-state index contributed by atoms with van der Waals surface area (Å²) in [5.41, 5.74) is 8.34. The first-order valence-electron chi connectivity index (χ1n) is 15.4. The first-order valence-corrected chi connectivity index (χ1v) is 15.4. The number of Topliss-reactive ketones (excluding diaryl/α,β-unsaturated/α-hetero) is 1. The van der Waals surface area contributed by atoms with E-state index in [1.165, 1.54) is 5.57 Å². The summed E-state index contributed by atoms with van der Waals surface area (Å²) >= 11 is 0. The number of anilines is 1. The second kappa shape index (κ2) is 10.2. The highest BCUT2D eigenvalue weighted by Crippen LogP contribution is 2.70. The van der Waals surface area contributed by atoms with Gasteiger partial charge in [-0.05, 0) is 60.8 Å². The minimum absolute atomic E-state index is 0.0351. The average molecular weight is 584 g/mol. The second-order valence-electron chi connectivity index (χ2n) is 13.6. The maximum atomic E-state index is 13.8. The number of fused-ring (bicyclic) bond motifs is 7. The Kier molecular flexibility index (Phi) is 6.74. The van der Waals surface area contributed by atoms with Crippen molar-refractivity contribution in [1.29, 1.82) is 0 Å². The number of carbonyl (C=O) groups excluding carboxylic acids is 1. The number of aliphatic hydroxyl groups excluding tert-OH is 2. The summed E-state index contributed by atoms with van der Waals surface area (Å²) in [7, 11) is 0. The molecule has 2 aromatic rings. The van der Waals surface area contributed by atoms with Crippen LogP contribution in [0.25, 0.3) is 0 Å². The van der Waals surface area contributed by atoms with Crippen LogP contribution in [0.15, 0.2) is 84.5 Å². The number of allylic oxidation sites excluding steroid dienone is 5. The summed E-state index contributed by atoms with van der Waals surface area (Å²) < 4.78 is 19.2. The van der Waals surface area contributed by atoms with E-state index in [0.29, 0.717) is 30.9 Å². The summed E-state index contributed by atoms with van der Waals surface area (Å²) in [6, 6.07) is 15.1. The molecule has 43 heavy (non-hydrogen) atoms. The minimum atomic E-state index is -1.33. The highest BCUT2D eigenvalue weighted by Gasteiger charge is 2.75. The van der Waals surface area contributed by atoms with E-state index in [4.69, 9.17) is 19.9 Å². The predicted octanol–water partition coefficient (Wildman–Crippen LogP) is 5.44. The quantitative estimate of drug-likeness (QED) is 0.389. The largest absolute Gasteiger partial charge is 0.489 e. The molecule has 0 unspecified atom stereocenters. The molecule has 0 spiro atoms. The molecule has 1 heterocycles. The first-order chi connectivity index (χ1) is 20.6. The molecule has 7 nitrogen and oxygen atoms in total. The Morgan fingerprint density at radius 3 is 2.72 bits per heavy atom. The van der Waals surface area contributed by atoms with Crippen molar-refractivity contribution < 1.29 is 29.2 Å². The van der Waals surface area contributed by atoms with Crippen LogP contribution in [0.1, 0.15) is 56.9 Å². The van der Waals surface area contributed by atoms with E-state index in [-0.39, 0.29) is 29.0 Å². The Labute approximate surface area is 253 Å². The lowest BCUT2D eigenvalue weighted by Crippen LogP contribution is -2.63. The molecule has 4 N–H and O–H groups in total. The van der Waals surface area contributed by atoms with Crippen molar-refractivity contribution in [3.8, 4) is 5.75 Å². The van der Waals surface area contributed by atoms with E-state index in [0.717, 1.165) is 29.5 Å². The second-order valence-corrected chi connectivity index (χ2v) is 13.6. The standard InChI is InChI=1S/C36H41NO6/c1-21-13-14-34(2)24(15-21)11-12-27-28-17-31-36(30(40)19-38,35(28,3)18-29(39)32(27)34)43-33(42-31)23-9-7-22(8-10-23)20-41-26-6-4-5-25(37)16-26/h4-10,13-16,27-29,31-33,38-39H,1,11-12,17-20,37H2,2-3H3/t27-,28-,29-,31+,32+,33+,34-,35-,36+/m0/s1. The maximum absolute atomic E-state index is 13.8. The monoisotopic (exact) mass is 583 g/mol. The molecule has 1 saturated heterocycles. The number of benzene rings is 2. The van der Waals surface area contributed by atoms with Crippen LogP contribution in [-0.4, -0.2) is 40.4 Å². The zero-order chi connectivity index (χ0) is 30.1. The van der Waals surface area contributed by atoms with Gasteiger partial charge in [0.05, 0.1) is 12.2 Å². The van der Waals surface area contributed by atoms with Crippen LogP contribution < -0.4 is 10.5 Å². The van der Waals surface area contributed by atoms with Crippen LogP contribution >= 0.6 is 0 Å². The number of hydrogen-bond acceptors (Lipinski definition) is 7. The Bertz CT molecular complexity index is 1510. The van der Waals surface area contributed by atoms with Gasteiger partial charge in [-0.15, -0.1) is 0 Å². The zero-order valence-electron chi connectivity index (χ0n) is 24.9. The number of carbonyl (C=O) groups is 1. The molecule has 0 radical (unpaired) electrons.